The first-order chi connectivity index (χ1) is 9.27. The van der Waals surface area contributed by atoms with Gasteiger partial charge in [-0.25, -0.2) is 0 Å². The van der Waals surface area contributed by atoms with E-state index < -0.39 is 12.6 Å². The number of hydrogen-bond donors (Lipinski definition) is 1. The van der Waals surface area contributed by atoms with Crippen molar-refractivity contribution < 1.29 is 13.2 Å². The van der Waals surface area contributed by atoms with E-state index in [1.54, 1.807) is 0 Å². The third-order valence-electron chi connectivity index (χ3n) is 5.00. The fraction of sp³-hybridized carbons (Fsp3) is 1.00. The van der Waals surface area contributed by atoms with Crippen molar-refractivity contribution in [2.45, 2.75) is 71.1 Å². The van der Waals surface area contributed by atoms with Gasteiger partial charge in [0.25, 0.3) is 0 Å². The Balaban J connectivity index is 2.77. The minimum absolute atomic E-state index is 0.0183. The van der Waals surface area contributed by atoms with Crippen molar-refractivity contribution in [1.82, 2.24) is 10.2 Å². The second-order valence-electron chi connectivity index (χ2n) is 6.16. The van der Waals surface area contributed by atoms with Gasteiger partial charge in [-0.3, -0.25) is 4.90 Å². The van der Waals surface area contributed by atoms with Gasteiger partial charge in [0.15, 0.2) is 0 Å². The van der Waals surface area contributed by atoms with Crippen LogP contribution in [0.2, 0.25) is 0 Å². The molecule has 0 aliphatic carbocycles. The number of nitrogens with zero attached hydrogens (tertiary/aromatic N) is 1. The Morgan fingerprint density at radius 2 is 1.85 bits per heavy atom. The molecular weight excluding hydrogens is 265 g/mol. The molecule has 2 nitrogen and oxygen atoms in total. The summed E-state index contributed by atoms with van der Waals surface area (Å²) in [6, 6.07) is 0.216. The number of halogens is 3. The molecule has 0 aromatic heterocycles. The van der Waals surface area contributed by atoms with Crippen LogP contribution in [0, 0.1) is 5.92 Å². The van der Waals surface area contributed by atoms with Crippen molar-refractivity contribution >= 4 is 0 Å². The van der Waals surface area contributed by atoms with E-state index in [0.29, 0.717) is 5.92 Å². The third-order valence-corrected chi connectivity index (χ3v) is 5.00. The number of nitrogens with one attached hydrogen (secondary N) is 1. The molecule has 0 aromatic carbocycles. The van der Waals surface area contributed by atoms with E-state index in [1.807, 2.05) is 0 Å². The molecule has 0 aromatic rings. The van der Waals surface area contributed by atoms with Crippen LogP contribution in [0.5, 0.6) is 0 Å². The summed E-state index contributed by atoms with van der Waals surface area (Å²) in [4.78, 5) is 2.07. The smallest absolute Gasteiger partial charge is 0.308 e. The van der Waals surface area contributed by atoms with E-state index in [1.165, 1.54) is 0 Å². The van der Waals surface area contributed by atoms with Gasteiger partial charge < -0.3 is 5.32 Å². The van der Waals surface area contributed by atoms with Crippen LogP contribution in [0.4, 0.5) is 13.2 Å². The molecule has 20 heavy (non-hydrogen) atoms. The lowest BCUT2D eigenvalue weighted by molar-refractivity contribution is -0.141. The van der Waals surface area contributed by atoms with Gasteiger partial charge in [0, 0.05) is 31.2 Å². The van der Waals surface area contributed by atoms with E-state index in [9.17, 15) is 13.2 Å². The maximum Gasteiger partial charge on any atom is 0.390 e. The van der Waals surface area contributed by atoms with Crippen LogP contribution < -0.4 is 5.32 Å². The summed E-state index contributed by atoms with van der Waals surface area (Å²) in [5, 5.41) is 3.60. The van der Waals surface area contributed by atoms with Crippen molar-refractivity contribution in [3.63, 3.8) is 0 Å². The number of rotatable bonds is 6. The first-order valence-corrected chi connectivity index (χ1v) is 7.82. The molecule has 1 heterocycles. The van der Waals surface area contributed by atoms with Crippen LogP contribution in [-0.2, 0) is 0 Å². The molecule has 2 unspecified atom stereocenters. The summed E-state index contributed by atoms with van der Waals surface area (Å²) in [5.41, 5.74) is -0.0183. The summed E-state index contributed by atoms with van der Waals surface area (Å²) in [6.07, 6.45) is -1.85. The summed E-state index contributed by atoms with van der Waals surface area (Å²) in [7, 11) is 0. The molecule has 0 radical (unpaired) electrons. The molecule has 120 valence electrons. The minimum atomic E-state index is -4.06. The van der Waals surface area contributed by atoms with Crippen LogP contribution in [0.1, 0.15) is 53.4 Å². The first-order valence-electron chi connectivity index (χ1n) is 7.82. The van der Waals surface area contributed by atoms with Gasteiger partial charge in [-0.1, -0.05) is 34.1 Å². The monoisotopic (exact) mass is 294 g/mol. The van der Waals surface area contributed by atoms with Crippen molar-refractivity contribution in [2.75, 3.05) is 19.6 Å². The Morgan fingerprint density at radius 1 is 1.25 bits per heavy atom. The second-order valence-corrected chi connectivity index (χ2v) is 6.16. The van der Waals surface area contributed by atoms with Crippen LogP contribution in [0.15, 0.2) is 0 Å². The molecule has 1 aliphatic rings. The van der Waals surface area contributed by atoms with Crippen LogP contribution in [-0.4, -0.2) is 42.3 Å². The lowest BCUT2D eigenvalue weighted by Gasteiger charge is -2.49. The molecule has 1 rings (SSSR count). The third kappa shape index (κ3) is 4.62. The Labute approximate surface area is 121 Å². The first kappa shape index (κ1) is 17.8. The van der Waals surface area contributed by atoms with Crippen molar-refractivity contribution in [3.8, 4) is 0 Å². The summed E-state index contributed by atoms with van der Waals surface area (Å²) < 4.78 is 37.6. The van der Waals surface area contributed by atoms with Gasteiger partial charge in [-0.05, 0) is 18.8 Å². The highest BCUT2D eigenvalue weighted by Crippen LogP contribution is 2.29. The van der Waals surface area contributed by atoms with E-state index in [4.69, 9.17) is 0 Å². The van der Waals surface area contributed by atoms with E-state index in [2.05, 4.69) is 37.9 Å². The molecule has 1 fully saturated rings. The Bertz CT molecular complexity index is 287. The molecule has 1 aliphatic heterocycles. The van der Waals surface area contributed by atoms with E-state index >= 15 is 0 Å². The summed E-state index contributed by atoms with van der Waals surface area (Å²) in [5.74, 6) is 0.419. The Hall–Kier alpha value is -0.290. The topological polar surface area (TPSA) is 15.3 Å². The number of alkyl halides is 3. The van der Waals surface area contributed by atoms with Crippen molar-refractivity contribution in [2.24, 2.45) is 5.92 Å². The number of hydrogen-bond acceptors (Lipinski definition) is 2. The molecule has 2 atom stereocenters. The molecule has 0 bridgehead atoms. The maximum absolute atomic E-state index is 12.5. The highest BCUT2D eigenvalue weighted by atomic mass is 19.4. The Morgan fingerprint density at radius 3 is 2.30 bits per heavy atom. The van der Waals surface area contributed by atoms with Gasteiger partial charge in [-0.2, -0.15) is 13.2 Å². The van der Waals surface area contributed by atoms with Crippen LogP contribution in [0.3, 0.4) is 0 Å². The standard InChI is InChI=1S/C15H29F3N2/c1-5-12(4)13-10-19-14(6-2,7-3)11-20(13)9-8-15(16,17)18/h12-13,19H,5-11H2,1-4H3. The lowest BCUT2D eigenvalue weighted by atomic mass is 9.85. The highest BCUT2D eigenvalue weighted by Gasteiger charge is 2.39. The molecule has 1 N–H and O–H groups in total. The quantitative estimate of drug-likeness (QED) is 0.801. The van der Waals surface area contributed by atoms with Crippen LogP contribution in [0.25, 0.3) is 0 Å². The highest BCUT2D eigenvalue weighted by molar-refractivity contribution is 4.97. The predicted molar refractivity (Wildman–Crippen MR) is 76.8 cm³/mol. The van der Waals surface area contributed by atoms with Crippen molar-refractivity contribution in [1.29, 1.82) is 0 Å². The molecule has 0 saturated carbocycles. The average molecular weight is 294 g/mol. The van der Waals surface area contributed by atoms with Gasteiger partial charge in [0.05, 0.1) is 6.42 Å². The summed E-state index contributed by atoms with van der Waals surface area (Å²) >= 11 is 0. The van der Waals surface area contributed by atoms with Gasteiger partial charge in [-0.15, -0.1) is 0 Å². The zero-order valence-electron chi connectivity index (χ0n) is 13.2. The summed E-state index contributed by atoms with van der Waals surface area (Å²) in [6.45, 7) is 10.1. The molecule has 0 spiro atoms. The maximum atomic E-state index is 12.5. The second kappa shape index (κ2) is 7.12. The zero-order valence-corrected chi connectivity index (χ0v) is 13.2. The molecule has 1 saturated heterocycles. The van der Waals surface area contributed by atoms with Gasteiger partial charge >= 0.3 is 6.18 Å². The van der Waals surface area contributed by atoms with Gasteiger partial charge in [0.1, 0.15) is 0 Å². The molecule has 0 amide bonds. The van der Waals surface area contributed by atoms with Crippen molar-refractivity contribution in [3.05, 3.63) is 0 Å². The van der Waals surface area contributed by atoms with Gasteiger partial charge in [0.2, 0.25) is 0 Å². The largest absolute Gasteiger partial charge is 0.390 e. The fourth-order valence-electron chi connectivity index (χ4n) is 3.08. The average Bonchev–Trinajstić information content (AvgIpc) is 2.43. The fourth-order valence-corrected chi connectivity index (χ4v) is 3.08. The predicted octanol–water partition coefficient (Wildman–Crippen LogP) is 3.82. The molecule has 5 heteroatoms. The zero-order chi connectivity index (χ0) is 15.4. The van der Waals surface area contributed by atoms with Crippen LogP contribution >= 0.6 is 0 Å². The van der Waals surface area contributed by atoms with E-state index in [0.717, 1.165) is 32.4 Å². The normalized spacial score (nSPS) is 25.6. The Kier molecular flexibility index (Phi) is 6.32. The number of piperazine rings is 1. The minimum Gasteiger partial charge on any atom is -0.308 e. The lowest BCUT2D eigenvalue weighted by Crippen LogP contribution is -2.65. The molecular formula is C15H29F3N2. The SMILES string of the molecule is CCC(C)C1CNC(CC)(CC)CN1CCC(F)(F)F. The van der Waals surface area contributed by atoms with E-state index in [-0.39, 0.29) is 18.1 Å².